The number of hydrogen-bond donors (Lipinski definition) is 1. The molecular formula is C19H21N3O. The van der Waals surface area contributed by atoms with Crippen LogP contribution in [0.4, 0.5) is 0 Å². The van der Waals surface area contributed by atoms with E-state index in [1.165, 1.54) is 29.3 Å². The van der Waals surface area contributed by atoms with Gasteiger partial charge in [-0.1, -0.05) is 47.7 Å². The van der Waals surface area contributed by atoms with E-state index in [2.05, 4.69) is 40.6 Å². The number of rotatable bonds is 4. The molecule has 0 saturated carbocycles. The van der Waals surface area contributed by atoms with Crippen LogP contribution in [0.25, 0.3) is 10.8 Å². The molecule has 0 aliphatic heterocycles. The summed E-state index contributed by atoms with van der Waals surface area (Å²) in [5.74, 6) is 0. The molecule has 0 saturated heterocycles. The maximum atomic E-state index is 10.5. The fraction of sp³-hybridized carbons (Fsp3) is 0.368. The zero-order valence-corrected chi connectivity index (χ0v) is 13.2. The van der Waals surface area contributed by atoms with Gasteiger partial charge in [-0.3, -0.25) is 0 Å². The van der Waals surface area contributed by atoms with Crippen molar-refractivity contribution in [1.29, 1.82) is 0 Å². The SMILES string of the molecule is OC(Cc1ccc2ccccc2c1)Cn1nnc2c1CCCC2. The van der Waals surface area contributed by atoms with Crippen molar-refractivity contribution in [3.63, 3.8) is 0 Å². The summed E-state index contributed by atoms with van der Waals surface area (Å²) in [6, 6.07) is 14.7. The molecule has 0 amide bonds. The Bertz CT molecular complexity index is 824. The highest BCUT2D eigenvalue weighted by Crippen LogP contribution is 2.20. The number of fused-ring (bicyclic) bond motifs is 2. The summed E-state index contributed by atoms with van der Waals surface area (Å²) in [5, 5.41) is 21.4. The molecule has 1 heterocycles. The Morgan fingerprint density at radius 2 is 1.87 bits per heavy atom. The number of benzene rings is 2. The third-order valence-electron chi connectivity index (χ3n) is 4.66. The van der Waals surface area contributed by atoms with Crippen molar-refractivity contribution in [2.75, 3.05) is 0 Å². The first-order chi connectivity index (χ1) is 11.3. The molecule has 1 aliphatic carbocycles. The lowest BCUT2D eigenvalue weighted by atomic mass is 10.0. The van der Waals surface area contributed by atoms with Crippen molar-refractivity contribution in [2.24, 2.45) is 0 Å². The van der Waals surface area contributed by atoms with Gasteiger partial charge in [0.05, 0.1) is 24.0 Å². The second-order valence-electron chi connectivity index (χ2n) is 6.41. The van der Waals surface area contributed by atoms with E-state index < -0.39 is 6.10 Å². The van der Waals surface area contributed by atoms with Gasteiger partial charge in [-0.25, -0.2) is 4.68 Å². The Hall–Kier alpha value is -2.20. The van der Waals surface area contributed by atoms with Crippen LogP contribution in [-0.4, -0.2) is 26.2 Å². The lowest BCUT2D eigenvalue weighted by Gasteiger charge is -2.15. The number of aliphatic hydroxyl groups excluding tert-OH is 1. The van der Waals surface area contributed by atoms with Crippen LogP contribution in [0, 0.1) is 0 Å². The minimum Gasteiger partial charge on any atom is -0.391 e. The van der Waals surface area contributed by atoms with Crippen LogP contribution in [-0.2, 0) is 25.8 Å². The molecule has 0 spiro atoms. The summed E-state index contributed by atoms with van der Waals surface area (Å²) in [4.78, 5) is 0. The second kappa shape index (κ2) is 6.13. The molecule has 2 aromatic carbocycles. The number of hydrogen-bond acceptors (Lipinski definition) is 3. The lowest BCUT2D eigenvalue weighted by molar-refractivity contribution is 0.147. The monoisotopic (exact) mass is 307 g/mol. The predicted molar refractivity (Wildman–Crippen MR) is 90.3 cm³/mol. The van der Waals surface area contributed by atoms with Crippen LogP contribution in [0.2, 0.25) is 0 Å². The average Bonchev–Trinajstić information content (AvgIpc) is 2.98. The van der Waals surface area contributed by atoms with Crippen LogP contribution >= 0.6 is 0 Å². The molecule has 1 aromatic heterocycles. The number of aryl methyl sites for hydroxylation is 1. The molecular weight excluding hydrogens is 286 g/mol. The van der Waals surface area contributed by atoms with Crippen LogP contribution in [0.15, 0.2) is 42.5 Å². The second-order valence-corrected chi connectivity index (χ2v) is 6.41. The van der Waals surface area contributed by atoms with Gasteiger partial charge in [-0.15, -0.1) is 5.10 Å². The fourth-order valence-corrected chi connectivity index (χ4v) is 3.47. The molecule has 0 radical (unpaired) electrons. The Morgan fingerprint density at radius 3 is 2.78 bits per heavy atom. The van der Waals surface area contributed by atoms with E-state index in [1.54, 1.807) is 0 Å². The van der Waals surface area contributed by atoms with E-state index in [-0.39, 0.29) is 0 Å². The number of nitrogens with zero attached hydrogens (tertiary/aromatic N) is 3. The van der Waals surface area contributed by atoms with E-state index in [1.807, 2.05) is 16.8 Å². The Kier molecular flexibility index (Phi) is 3.83. The third kappa shape index (κ3) is 2.99. The van der Waals surface area contributed by atoms with E-state index in [4.69, 9.17) is 0 Å². The van der Waals surface area contributed by atoms with Crippen LogP contribution < -0.4 is 0 Å². The van der Waals surface area contributed by atoms with Gasteiger partial charge in [0.2, 0.25) is 0 Å². The van der Waals surface area contributed by atoms with Gasteiger partial charge in [-0.2, -0.15) is 0 Å². The Morgan fingerprint density at radius 1 is 1.04 bits per heavy atom. The first-order valence-corrected chi connectivity index (χ1v) is 8.36. The van der Waals surface area contributed by atoms with Gasteiger partial charge in [0.15, 0.2) is 0 Å². The average molecular weight is 307 g/mol. The van der Waals surface area contributed by atoms with Crippen molar-refractivity contribution in [1.82, 2.24) is 15.0 Å². The summed E-state index contributed by atoms with van der Waals surface area (Å²) in [6.07, 6.45) is 4.65. The fourth-order valence-electron chi connectivity index (χ4n) is 3.47. The van der Waals surface area contributed by atoms with Crippen LogP contribution in [0.1, 0.15) is 29.8 Å². The molecule has 118 valence electrons. The predicted octanol–water partition coefficient (Wildman–Crippen LogP) is 2.91. The normalized spacial score (nSPS) is 15.5. The van der Waals surface area contributed by atoms with Gasteiger partial charge in [-0.05, 0) is 42.0 Å². The number of aliphatic hydroxyl groups is 1. The summed E-state index contributed by atoms with van der Waals surface area (Å²) in [6.45, 7) is 0.523. The Balaban J connectivity index is 1.48. The van der Waals surface area contributed by atoms with Gasteiger partial charge in [0.1, 0.15) is 0 Å². The zero-order chi connectivity index (χ0) is 15.6. The maximum absolute atomic E-state index is 10.5. The molecule has 4 heteroatoms. The smallest absolute Gasteiger partial charge is 0.0859 e. The summed E-state index contributed by atoms with van der Waals surface area (Å²) >= 11 is 0. The quantitative estimate of drug-likeness (QED) is 0.806. The summed E-state index contributed by atoms with van der Waals surface area (Å²) < 4.78 is 1.90. The molecule has 1 atom stereocenters. The summed E-state index contributed by atoms with van der Waals surface area (Å²) in [5.41, 5.74) is 3.49. The molecule has 1 unspecified atom stereocenters. The molecule has 3 aromatic rings. The molecule has 1 N–H and O–H groups in total. The number of aromatic nitrogens is 3. The highest BCUT2D eigenvalue weighted by atomic mass is 16.3. The first-order valence-electron chi connectivity index (χ1n) is 8.36. The zero-order valence-electron chi connectivity index (χ0n) is 13.2. The van der Waals surface area contributed by atoms with Crippen LogP contribution in [0.3, 0.4) is 0 Å². The Labute approximate surface area is 135 Å². The lowest BCUT2D eigenvalue weighted by Crippen LogP contribution is -2.21. The topological polar surface area (TPSA) is 50.9 Å². The van der Waals surface area contributed by atoms with Crippen molar-refractivity contribution < 1.29 is 5.11 Å². The molecule has 1 aliphatic rings. The largest absolute Gasteiger partial charge is 0.391 e. The molecule has 4 rings (SSSR count). The van der Waals surface area contributed by atoms with Gasteiger partial charge in [0, 0.05) is 6.42 Å². The summed E-state index contributed by atoms with van der Waals surface area (Å²) in [7, 11) is 0. The highest BCUT2D eigenvalue weighted by molar-refractivity contribution is 5.82. The molecule has 4 nitrogen and oxygen atoms in total. The third-order valence-corrected chi connectivity index (χ3v) is 4.66. The van der Waals surface area contributed by atoms with E-state index in [0.717, 1.165) is 24.1 Å². The van der Waals surface area contributed by atoms with Gasteiger partial charge < -0.3 is 5.11 Å². The van der Waals surface area contributed by atoms with E-state index >= 15 is 0 Å². The van der Waals surface area contributed by atoms with Gasteiger partial charge >= 0.3 is 0 Å². The van der Waals surface area contributed by atoms with Crippen molar-refractivity contribution in [3.8, 4) is 0 Å². The van der Waals surface area contributed by atoms with Crippen molar-refractivity contribution in [2.45, 2.75) is 44.8 Å². The molecule has 23 heavy (non-hydrogen) atoms. The molecule has 0 bridgehead atoms. The maximum Gasteiger partial charge on any atom is 0.0859 e. The highest BCUT2D eigenvalue weighted by Gasteiger charge is 2.18. The minimum absolute atomic E-state index is 0.441. The van der Waals surface area contributed by atoms with Gasteiger partial charge in [0.25, 0.3) is 0 Å². The van der Waals surface area contributed by atoms with Crippen molar-refractivity contribution in [3.05, 3.63) is 59.4 Å². The standard InChI is InChI=1S/C19H21N3O/c23-17(13-22-19-8-4-3-7-18(19)20-21-22)12-14-9-10-15-5-1-2-6-16(15)11-14/h1-2,5-6,9-11,17,23H,3-4,7-8,12-13H2. The van der Waals surface area contributed by atoms with E-state index in [0.29, 0.717) is 13.0 Å². The van der Waals surface area contributed by atoms with Crippen molar-refractivity contribution >= 4 is 10.8 Å². The first kappa shape index (κ1) is 14.4. The molecule has 0 fully saturated rings. The van der Waals surface area contributed by atoms with E-state index in [9.17, 15) is 5.11 Å². The minimum atomic E-state index is -0.441. The van der Waals surface area contributed by atoms with Crippen LogP contribution in [0.5, 0.6) is 0 Å².